The summed E-state index contributed by atoms with van der Waals surface area (Å²) in [6, 6.07) is 13.0. The van der Waals surface area contributed by atoms with Gasteiger partial charge >= 0.3 is 0 Å². The second-order valence-corrected chi connectivity index (χ2v) is 10.8. The number of rotatable bonds is 5. The number of hydrogen-bond donors (Lipinski definition) is 0. The molecule has 6 rings (SSSR count). The maximum Gasteiger partial charge on any atom is 0.141 e. The highest BCUT2D eigenvalue weighted by Gasteiger charge is 2.35. The van der Waals surface area contributed by atoms with Gasteiger partial charge in [0.1, 0.15) is 11.6 Å². The maximum atomic E-state index is 6.40. The first-order valence-corrected chi connectivity index (χ1v) is 13.4. The first-order valence-electron chi connectivity index (χ1n) is 12.6. The van der Waals surface area contributed by atoms with Gasteiger partial charge in [0.05, 0.1) is 38.9 Å². The fourth-order valence-corrected chi connectivity index (χ4v) is 6.45. The molecule has 0 radical (unpaired) electrons. The van der Waals surface area contributed by atoms with Crippen LogP contribution in [0.25, 0.3) is 22.2 Å². The third kappa shape index (κ3) is 4.00. The van der Waals surface area contributed by atoms with Crippen LogP contribution in [0.5, 0.6) is 0 Å². The van der Waals surface area contributed by atoms with Crippen molar-refractivity contribution in [3.8, 4) is 11.1 Å². The molecular formula is C28H30Cl2N4O2. The summed E-state index contributed by atoms with van der Waals surface area (Å²) in [5, 5.41) is 5.31. The number of imidazole rings is 1. The fraction of sp³-hybridized carbons (Fsp3) is 0.429. The zero-order valence-corrected chi connectivity index (χ0v) is 22.3. The molecule has 2 aromatic carbocycles. The highest BCUT2D eigenvalue weighted by Crippen LogP contribution is 2.43. The van der Waals surface area contributed by atoms with Crippen molar-refractivity contribution in [2.45, 2.75) is 64.1 Å². The molecule has 0 N–H and O–H groups in total. The number of halogens is 2. The summed E-state index contributed by atoms with van der Waals surface area (Å²) >= 11 is 12.6. The molecule has 8 heteroatoms. The molecule has 2 aromatic heterocycles. The average molecular weight is 525 g/mol. The largest absolute Gasteiger partial charge is 0.381 e. The van der Waals surface area contributed by atoms with E-state index in [1.54, 1.807) is 0 Å². The topological polar surface area (TPSA) is 56.3 Å². The number of nitrogens with zero attached hydrogens (tertiary/aromatic N) is 4. The van der Waals surface area contributed by atoms with Crippen molar-refractivity contribution >= 4 is 39.9 Å². The van der Waals surface area contributed by atoms with Crippen LogP contribution in [0.2, 0.25) is 10.0 Å². The fourth-order valence-electron chi connectivity index (χ4n) is 6.16. The minimum Gasteiger partial charge on any atom is -0.381 e. The maximum absolute atomic E-state index is 6.40. The number of anilines is 1. The molecule has 2 aliphatic rings. The molecule has 0 spiro atoms. The van der Waals surface area contributed by atoms with Crippen molar-refractivity contribution in [3.05, 3.63) is 63.7 Å². The second kappa shape index (κ2) is 9.40. The lowest BCUT2D eigenvalue weighted by molar-refractivity contribution is 0.106. The molecular weight excluding hydrogens is 495 g/mol. The lowest BCUT2D eigenvalue weighted by atomic mass is 10.0. The highest BCUT2D eigenvalue weighted by atomic mass is 35.5. The summed E-state index contributed by atoms with van der Waals surface area (Å²) < 4.78 is 13.7. The van der Waals surface area contributed by atoms with E-state index in [4.69, 9.17) is 37.4 Å². The van der Waals surface area contributed by atoms with Gasteiger partial charge in [0, 0.05) is 30.9 Å². The Balaban J connectivity index is 1.48. The summed E-state index contributed by atoms with van der Waals surface area (Å²) in [4.78, 5) is 7.73. The molecule has 4 aromatic rings. The summed E-state index contributed by atoms with van der Waals surface area (Å²) in [6.45, 7) is 4.90. The highest BCUT2D eigenvalue weighted by molar-refractivity contribution is 6.42. The third-order valence-corrected chi connectivity index (χ3v) is 8.62. The zero-order chi connectivity index (χ0) is 25.0. The predicted octanol–water partition coefficient (Wildman–Crippen LogP) is 7.70. The monoisotopic (exact) mass is 524 g/mol. The zero-order valence-electron chi connectivity index (χ0n) is 20.8. The third-order valence-electron chi connectivity index (χ3n) is 7.88. The normalized spacial score (nSPS) is 22.2. The smallest absolute Gasteiger partial charge is 0.141 e. The van der Waals surface area contributed by atoms with Gasteiger partial charge in [-0.15, -0.1) is 0 Å². The first-order chi connectivity index (χ1) is 17.4. The van der Waals surface area contributed by atoms with Crippen LogP contribution in [0.15, 0.2) is 40.9 Å². The Bertz CT molecular complexity index is 1410. The van der Waals surface area contributed by atoms with Crippen LogP contribution < -0.4 is 4.90 Å². The van der Waals surface area contributed by atoms with Crippen LogP contribution in [0, 0.1) is 13.8 Å². The molecule has 0 unspecified atom stereocenters. The molecule has 188 valence electrons. The minimum absolute atomic E-state index is 0.166. The molecule has 6 nitrogen and oxygen atoms in total. The van der Waals surface area contributed by atoms with Gasteiger partial charge in [-0.25, -0.2) is 4.98 Å². The number of benzene rings is 2. The Morgan fingerprint density at radius 1 is 1.03 bits per heavy atom. The summed E-state index contributed by atoms with van der Waals surface area (Å²) in [6.07, 6.45) is 5.59. The van der Waals surface area contributed by atoms with Crippen molar-refractivity contribution in [2.24, 2.45) is 0 Å². The molecule has 1 aliphatic heterocycles. The van der Waals surface area contributed by atoms with Crippen LogP contribution in [-0.4, -0.2) is 34.5 Å². The van der Waals surface area contributed by atoms with Crippen molar-refractivity contribution in [1.29, 1.82) is 0 Å². The van der Waals surface area contributed by atoms with Crippen molar-refractivity contribution in [3.63, 3.8) is 0 Å². The molecule has 0 bridgehead atoms. The number of fused-ring (bicyclic) bond motifs is 1. The van der Waals surface area contributed by atoms with E-state index in [1.165, 1.54) is 5.52 Å². The predicted molar refractivity (Wildman–Crippen MR) is 144 cm³/mol. The van der Waals surface area contributed by atoms with Gasteiger partial charge in [-0.2, -0.15) is 0 Å². The van der Waals surface area contributed by atoms with Crippen LogP contribution in [0.3, 0.4) is 0 Å². The Labute approximate surface area is 221 Å². The van der Waals surface area contributed by atoms with Gasteiger partial charge in [-0.05, 0) is 81.8 Å². The summed E-state index contributed by atoms with van der Waals surface area (Å²) in [7, 11) is 1.82. The Hall–Kier alpha value is -2.54. The van der Waals surface area contributed by atoms with Crippen LogP contribution >= 0.6 is 23.2 Å². The van der Waals surface area contributed by atoms with E-state index in [2.05, 4.69) is 38.9 Å². The lowest BCUT2D eigenvalue weighted by Gasteiger charge is -2.29. The quantitative estimate of drug-likeness (QED) is 0.267. The molecule has 36 heavy (non-hydrogen) atoms. The number of aryl methyl sites for hydroxylation is 2. The Kier molecular flexibility index (Phi) is 6.22. The molecule has 3 atom stereocenters. The second-order valence-electron chi connectivity index (χ2n) is 10.0. The molecule has 1 aliphatic carbocycles. The molecule has 1 saturated carbocycles. The lowest BCUT2D eigenvalue weighted by Crippen LogP contribution is -2.26. The summed E-state index contributed by atoms with van der Waals surface area (Å²) in [5.74, 6) is 1.94. The average Bonchev–Trinajstić information content (AvgIpc) is 3.65. The van der Waals surface area contributed by atoms with Crippen LogP contribution in [0.4, 0.5) is 5.69 Å². The Morgan fingerprint density at radius 3 is 2.61 bits per heavy atom. The summed E-state index contributed by atoms with van der Waals surface area (Å²) in [5.41, 5.74) is 6.29. The van der Waals surface area contributed by atoms with Gasteiger partial charge < -0.3 is 18.7 Å². The molecule has 2 fully saturated rings. The standard InChI is InChI=1S/C28H30Cl2N4O2/c1-16-27(17(2)36-32-16)18-6-11-25-24(13-18)31-28(34(25)20-7-9-21(14-20)35-3)26-5-4-12-33(26)19-8-10-22(29)23(30)15-19/h6,8,10-11,13,15,20-21,26H,4-5,7,9,12,14H2,1-3H3/t20-,21-,26+/m1/s1. The Morgan fingerprint density at radius 2 is 1.89 bits per heavy atom. The number of methoxy groups -OCH3 is 1. The molecule has 0 amide bonds. The van der Waals surface area contributed by atoms with E-state index in [1.807, 2.05) is 33.1 Å². The number of aromatic nitrogens is 3. The van der Waals surface area contributed by atoms with Crippen molar-refractivity contribution < 1.29 is 9.26 Å². The molecule has 3 heterocycles. The van der Waals surface area contributed by atoms with E-state index < -0.39 is 0 Å². The van der Waals surface area contributed by atoms with E-state index in [0.29, 0.717) is 16.1 Å². The van der Waals surface area contributed by atoms with E-state index >= 15 is 0 Å². The van der Waals surface area contributed by atoms with E-state index in [9.17, 15) is 0 Å². The number of hydrogen-bond acceptors (Lipinski definition) is 5. The van der Waals surface area contributed by atoms with Gasteiger partial charge in [-0.1, -0.05) is 34.4 Å². The number of ether oxygens (including phenoxy) is 1. The van der Waals surface area contributed by atoms with E-state index in [-0.39, 0.29) is 12.1 Å². The van der Waals surface area contributed by atoms with Crippen molar-refractivity contribution in [1.82, 2.24) is 14.7 Å². The molecule has 1 saturated heterocycles. The van der Waals surface area contributed by atoms with Crippen LogP contribution in [0.1, 0.15) is 61.5 Å². The van der Waals surface area contributed by atoms with Crippen LogP contribution in [-0.2, 0) is 4.74 Å². The minimum atomic E-state index is 0.166. The van der Waals surface area contributed by atoms with Gasteiger partial charge in [0.2, 0.25) is 0 Å². The van der Waals surface area contributed by atoms with Crippen molar-refractivity contribution in [2.75, 3.05) is 18.6 Å². The van der Waals surface area contributed by atoms with Gasteiger partial charge in [0.15, 0.2) is 0 Å². The van der Waals surface area contributed by atoms with E-state index in [0.717, 1.165) is 78.3 Å². The SMILES string of the molecule is CO[C@@H]1CC[C@@H](n2c([C@@H]3CCCN3c3ccc(Cl)c(Cl)c3)nc3cc(-c4c(C)noc4C)ccc32)C1. The van der Waals surface area contributed by atoms with Gasteiger partial charge in [-0.3, -0.25) is 0 Å². The van der Waals surface area contributed by atoms with Gasteiger partial charge in [0.25, 0.3) is 0 Å². The first kappa shape index (κ1) is 23.8.